The fourth-order valence-electron chi connectivity index (χ4n) is 3.97. The van der Waals surface area contributed by atoms with E-state index >= 15 is 0 Å². The van der Waals surface area contributed by atoms with Gasteiger partial charge in [-0.05, 0) is 18.4 Å². The lowest BCUT2D eigenvalue weighted by Gasteiger charge is -2.33. The molecule has 2 aromatic heterocycles. The zero-order chi connectivity index (χ0) is 18.9. The number of H-pyrrole nitrogens is 1. The van der Waals surface area contributed by atoms with Crippen LogP contribution in [0.15, 0.2) is 47.8 Å². The summed E-state index contributed by atoms with van der Waals surface area (Å²) in [5.74, 6) is 0.782. The Hall–Kier alpha value is -3.29. The maximum Gasteiger partial charge on any atom is 0.246 e. The van der Waals surface area contributed by atoms with Crippen molar-refractivity contribution in [2.45, 2.75) is 25.3 Å². The third-order valence-corrected chi connectivity index (χ3v) is 5.55. The Morgan fingerprint density at radius 2 is 1.93 bits per heavy atom. The van der Waals surface area contributed by atoms with E-state index in [9.17, 15) is 4.79 Å². The van der Waals surface area contributed by atoms with Crippen LogP contribution in [0.4, 0.5) is 5.95 Å². The summed E-state index contributed by atoms with van der Waals surface area (Å²) in [6.45, 7) is 1.51. The number of fused-ring (bicyclic) bond motifs is 1. The van der Waals surface area contributed by atoms with E-state index in [2.05, 4.69) is 42.3 Å². The lowest BCUT2D eigenvalue weighted by atomic mass is 9.94. The molecule has 28 heavy (non-hydrogen) atoms. The van der Waals surface area contributed by atoms with Crippen molar-refractivity contribution in [1.82, 2.24) is 25.2 Å². The minimum absolute atomic E-state index is 0.0119. The number of nitrogens with one attached hydrogen (secondary N) is 1. The van der Waals surface area contributed by atoms with Crippen molar-refractivity contribution in [3.63, 3.8) is 0 Å². The first kappa shape index (κ1) is 16.9. The van der Waals surface area contributed by atoms with E-state index in [0.29, 0.717) is 5.95 Å². The second-order valence-electron chi connectivity index (χ2n) is 7.25. The number of rotatable bonds is 3. The lowest BCUT2D eigenvalue weighted by Crippen LogP contribution is -2.41. The van der Waals surface area contributed by atoms with Crippen molar-refractivity contribution >= 4 is 29.1 Å². The maximum atomic E-state index is 13.1. The molecule has 2 aliphatic rings. The van der Waals surface area contributed by atoms with Crippen LogP contribution < -0.4 is 4.90 Å². The molecular weight excluding hydrogens is 354 g/mol. The van der Waals surface area contributed by atoms with Crippen molar-refractivity contribution in [3.8, 4) is 0 Å². The minimum atomic E-state index is -0.0198. The van der Waals surface area contributed by atoms with Gasteiger partial charge in [-0.1, -0.05) is 30.3 Å². The second kappa shape index (κ2) is 7.03. The van der Waals surface area contributed by atoms with Crippen molar-refractivity contribution in [2.24, 2.45) is 11.0 Å². The third kappa shape index (κ3) is 3.00. The van der Waals surface area contributed by atoms with Gasteiger partial charge >= 0.3 is 0 Å². The SMILES string of the molecule is O=C(C1CCN(c2ncc3cn[nH]c3n2)CC1)N1N=CCC1c1ccccc1. The molecule has 1 aromatic carbocycles. The number of hydrazone groups is 1. The van der Waals surface area contributed by atoms with Crippen molar-refractivity contribution in [1.29, 1.82) is 0 Å². The molecule has 1 amide bonds. The number of carbonyl (C=O) groups is 1. The van der Waals surface area contributed by atoms with Gasteiger partial charge < -0.3 is 4.90 Å². The van der Waals surface area contributed by atoms with Gasteiger partial charge in [0, 0.05) is 37.8 Å². The number of piperidine rings is 1. The number of hydrogen-bond donors (Lipinski definition) is 1. The monoisotopic (exact) mass is 375 g/mol. The Morgan fingerprint density at radius 1 is 1.11 bits per heavy atom. The summed E-state index contributed by atoms with van der Waals surface area (Å²) >= 11 is 0. The number of benzene rings is 1. The fourth-order valence-corrected chi connectivity index (χ4v) is 3.97. The van der Waals surface area contributed by atoms with E-state index in [1.807, 2.05) is 24.4 Å². The zero-order valence-electron chi connectivity index (χ0n) is 15.4. The first-order chi connectivity index (χ1) is 13.8. The Labute approximate surface area is 162 Å². The number of anilines is 1. The Kier molecular flexibility index (Phi) is 4.23. The number of nitrogens with zero attached hydrogens (tertiary/aromatic N) is 6. The molecule has 1 fully saturated rings. The molecule has 0 spiro atoms. The van der Waals surface area contributed by atoms with Crippen LogP contribution in [0, 0.1) is 5.92 Å². The number of hydrogen-bond acceptors (Lipinski definition) is 6. The Morgan fingerprint density at radius 3 is 2.75 bits per heavy atom. The maximum absolute atomic E-state index is 13.1. The minimum Gasteiger partial charge on any atom is -0.341 e. The quantitative estimate of drug-likeness (QED) is 0.760. The molecule has 142 valence electrons. The molecule has 1 atom stereocenters. The molecule has 0 aliphatic carbocycles. The van der Waals surface area contributed by atoms with Crippen LogP contribution in [0.25, 0.3) is 11.0 Å². The van der Waals surface area contributed by atoms with Crippen LogP contribution in [0.1, 0.15) is 30.9 Å². The first-order valence-electron chi connectivity index (χ1n) is 9.61. The van der Waals surface area contributed by atoms with Gasteiger partial charge in [-0.3, -0.25) is 9.89 Å². The molecule has 1 N–H and O–H groups in total. The predicted molar refractivity (Wildman–Crippen MR) is 106 cm³/mol. The molecule has 8 heteroatoms. The van der Waals surface area contributed by atoms with Crippen molar-refractivity contribution in [2.75, 3.05) is 18.0 Å². The normalized spacial score (nSPS) is 20.2. The summed E-state index contributed by atoms with van der Waals surface area (Å²) in [6, 6.07) is 10.1. The van der Waals surface area contributed by atoms with Crippen LogP contribution in [-0.4, -0.2) is 50.4 Å². The van der Waals surface area contributed by atoms with E-state index in [4.69, 9.17) is 0 Å². The summed E-state index contributed by atoms with van der Waals surface area (Å²) in [6.07, 6.45) is 7.66. The molecule has 8 nitrogen and oxygen atoms in total. The third-order valence-electron chi connectivity index (χ3n) is 5.55. The second-order valence-corrected chi connectivity index (χ2v) is 7.25. The highest BCUT2D eigenvalue weighted by molar-refractivity contribution is 5.82. The summed E-state index contributed by atoms with van der Waals surface area (Å²) in [5, 5.41) is 13.8. The summed E-state index contributed by atoms with van der Waals surface area (Å²) in [7, 11) is 0. The largest absolute Gasteiger partial charge is 0.341 e. The Balaban J connectivity index is 1.26. The Bertz CT molecular complexity index is 1010. The highest BCUT2D eigenvalue weighted by Crippen LogP contribution is 2.32. The van der Waals surface area contributed by atoms with Crippen LogP contribution in [-0.2, 0) is 4.79 Å². The van der Waals surface area contributed by atoms with Crippen molar-refractivity contribution < 1.29 is 4.79 Å². The molecule has 2 aliphatic heterocycles. The summed E-state index contributed by atoms with van der Waals surface area (Å²) < 4.78 is 0. The van der Waals surface area contributed by atoms with Crippen molar-refractivity contribution in [3.05, 3.63) is 48.3 Å². The standard InChI is InChI=1S/C20H21N7O/c28-19(27-17(6-9-23-27)14-4-2-1-3-5-14)15-7-10-26(11-8-15)20-21-12-16-13-22-25-18(16)24-20/h1-5,9,12-13,15,17H,6-8,10-11H2,(H,21,22,24,25). The van der Waals surface area contributed by atoms with Gasteiger partial charge in [-0.2, -0.15) is 15.2 Å². The fraction of sp³-hybridized carbons (Fsp3) is 0.350. The molecule has 5 rings (SSSR count). The highest BCUT2D eigenvalue weighted by Gasteiger charge is 2.35. The van der Waals surface area contributed by atoms with E-state index in [0.717, 1.165) is 48.9 Å². The molecule has 0 bridgehead atoms. The van der Waals surface area contributed by atoms with E-state index in [1.165, 1.54) is 0 Å². The van der Waals surface area contributed by atoms with Gasteiger partial charge in [-0.25, -0.2) is 9.99 Å². The van der Waals surface area contributed by atoms with Gasteiger partial charge in [0.2, 0.25) is 11.9 Å². The number of amides is 1. The molecule has 0 radical (unpaired) electrons. The number of carbonyl (C=O) groups excluding carboxylic acids is 1. The molecule has 1 saturated heterocycles. The first-order valence-corrected chi connectivity index (χ1v) is 9.61. The van der Waals surface area contributed by atoms with E-state index < -0.39 is 0 Å². The van der Waals surface area contributed by atoms with E-state index in [1.54, 1.807) is 17.4 Å². The number of aromatic nitrogens is 4. The van der Waals surface area contributed by atoms with Crippen LogP contribution in [0.5, 0.6) is 0 Å². The van der Waals surface area contributed by atoms with Gasteiger partial charge in [0.1, 0.15) is 0 Å². The zero-order valence-corrected chi connectivity index (χ0v) is 15.4. The summed E-state index contributed by atoms with van der Waals surface area (Å²) in [4.78, 5) is 24.2. The van der Waals surface area contributed by atoms with Crippen LogP contribution in [0.3, 0.4) is 0 Å². The topological polar surface area (TPSA) is 90.4 Å². The average Bonchev–Trinajstić information content (AvgIpc) is 3.43. The van der Waals surface area contributed by atoms with Gasteiger partial charge in [0.15, 0.2) is 5.65 Å². The molecule has 1 unspecified atom stereocenters. The van der Waals surface area contributed by atoms with E-state index in [-0.39, 0.29) is 17.9 Å². The summed E-state index contributed by atoms with van der Waals surface area (Å²) in [5.41, 5.74) is 1.87. The van der Waals surface area contributed by atoms with Gasteiger partial charge in [-0.15, -0.1) is 0 Å². The van der Waals surface area contributed by atoms with Crippen LogP contribution in [0.2, 0.25) is 0 Å². The van der Waals surface area contributed by atoms with Gasteiger partial charge in [0.25, 0.3) is 0 Å². The average molecular weight is 375 g/mol. The smallest absolute Gasteiger partial charge is 0.246 e. The lowest BCUT2D eigenvalue weighted by molar-refractivity contribution is -0.138. The molecule has 4 heterocycles. The molecule has 0 saturated carbocycles. The van der Waals surface area contributed by atoms with Crippen LogP contribution >= 0.6 is 0 Å². The molecular formula is C20H21N7O. The number of aromatic amines is 1. The van der Waals surface area contributed by atoms with Gasteiger partial charge in [0.05, 0.1) is 17.6 Å². The molecule has 3 aromatic rings. The highest BCUT2D eigenvalue weighted by atomic mass is 16.2. The predicted octanol–water partition coefficient (Wildman–Crippen LogP) is 2.53.